The first kappa shape index (κ1) is 63.2. The quantitative estimate of drug-likeness (QED) is 0.0330. The van der Waals surface area contributed by atoms with E-state index in [1.807, 2.05) is 0 Å². The van der Waals surface area contributed by atoms with Crippen LogP contribution in [0.15, 0.2) is 0 Å². The zero-order chi connectivity index (χ0) is 48.0. The molecule has 6 N–H and O–H groups in total. The molecule has 1 saturated heterocycles. The fourth-order valence-corrected chi connectivity index (χ4v) is 9.81. The highest BCUT2D eigenvalue weighted by atomic mass is 16.7. The second-order valence-corrected chi connectivity index (χ2v) is 20.8. The molecule has 1 aliphatic rings. The Kier molecular flexibility index (Phi) is 45.8. The van der Waals surface area contributed by atoms with E-state index in [4.69, 9.17) is 9.47 Å². The Bertz CT molecular complexity index is 1000. The fourth-order valence-electron chi connectivity index (χ4n) is 9.81. The van der Waals surface area contributed by atoms with Crippen molar-refractivity contribution in [1.29, 1.82) is 0 Å². The molecule has 0 aromatic rings. The van der Waals surface area contributed by atoms with Crippen molar-refractivity contribution in [2.45, 2.75) is 346 Å². The van der Waals surface area contributed by atoms with Crippen LogP contribution < -0.4 is 5.32 Å². The monoisotopic (exact) mass is 940 g/mol. The summed E-state index contributed by atoms with van der Waals surface area (Å²) in [6, 6.07) is -0.713. The highest BCUT2D eigenvalue weighted by molar-refractivity contribution is 5.76. The van der Waals surface area contributed by atoms with Gasteiger partial charge in [0.2, 0.25) is 5.91 Å². The minimum absolute atomic E-state index is 0.131. The average Bonchev–Trinajstić information content (AvgIpc) is 3.32. The van der Waals surface area contributed by atoms with Gasteiger partial charge in [-0.2, -0.15) is 0 Å². The smallest absolute Gasteiger partial charge is 0.220 e. The molecule has 0 aliphatic carbocycles. The SMILES string of the molecule is CCCCCCCCCCCCCCCCCCCCCCCCCCC(=O)NC(COC1OC(CO)C(O)C(O)C1O)C(O)CCCCCCCCCCCCCCCCCCCCC. The predicted molar refractivity (Wildman–Crippen MR) is 277 cm³/mol. The highest BCUT2D eigenvalue weighted by Gasteiger charge is 2.44. The molecule has 394 valence electrons. The summed E-state index contributed by atoms with van der Waals surface area (Å²) < 4.78 is 11.3. The topological polar surface area (TPSA) is 149 Å². The molecule has 1 fully saturated rings. The molecule has 9 nitrogen and oxygen atoms in total. The molecular weight excluding hydrogens is 827 g/mol. The lowest BCUT2D eigenvalue weighted by Gasteiger charge is -2.40. The van der Waals surface area contributed by atoms with Crippen molar-refractivity contribution in [3.05, 3.63) is 0 Å². The second-order valence-electron chi connectivity index (χ2n) is 20.8. The van der Waals surface area contributed by atoms with Crippen LogP contribution in [0.25, 0.3) is 0 Å². The van der Waals surface area contributed by atoms with Crippen LogP contribution in [0.4, 0.5) is 0 Å². The minimum Gasteiger partial charge on any atom is -0.394 e. The number of hydrogen-bond acceptors (Lipinski definition) is 8. The van der Waals surface area contributed by atoms with Gasteiger partial charge in [0.1, 0.15) is 24.4 Å². The van der Waals surface area contributed by atoms with Crippen LogP contribution in [0.3, 0.4) is 0 Å². The molecule has 7 atom stereocenters. The summed E-state index contributed by atoms with van der Waals surface area (Å²) in [7, 11) is 0. The molecule has 0 spiro atoms. The number of aliphatic hydroxyl groups excluding tert-OH is 5. The fraction of sp³-hybridized carbons (Fsp3) is 0.982. The van der Waals surface area contributed by atoms with Crippen molar-refractivity contribution in [3.8, 4) is 0 Å². The van der Waals surface area contributed by atoms with Crippen LogP contribution >= 0.6 is 0 Å². The van der Waals surface area contributed by atoms with E-state index >= 15 is 0 Å². The van der Waals surface area contributed by atoms with Crippen molar-refractivity contribution in [3.63, 3.8) is 0 Å². The van der Waals surface area contributed by atoms with Gasteiger partial charge in [-0.3, -0.25) is 4.79 Å². The maximum absolute atomic E-state index is 13.1. The Morgan fingerprint density at radius 2 is 0.758 bits per heavy atom. The largest absolute Gasteiger partial charge is 0.394 e. The Balaban J connectivity index is 2.18. The van der Waals surface area contributed by atoms with Gasteiger partial charge in [-0.25, -0.2) is 0 Å². The molecule has 1 aliphatic heterocycles. The Hall–Kier alpha value is -0.810. The van der Waals surface area contributed by atoms with Crippen molar-refractivity contribution in [2.24, 2.45) is 0 Å². The van der Waals surface area contributed by atoms with Gasteiger partial charge in [-0.05, 0) is 12.8 Å². The van der Waals surface area contributed by atoms with Gasteiger partial charge in [-0.1, -0.05) is 284 Å². The molecule has 1 rings (SSSR count). The third-order valence-electron chi connectivity index (χ3n) is 14.5. The van der Waals surface area contributed by atoms with Crippen LogP contribution in [-0.4, -0.2) is 87.5 Å². The van der Waals surface area contributed by atoms with Crippen LogP contribution in [0.2, 0.25) is 0 Å². The zero-order valence-electron chi connectivity index (χ0n) is 43.7. The maximum Gasteiger partial charge on any atom is 0.220 e. The Labute approximate surface area is 408 Å². The number of aliphatic hydroxyl groups is 5. The van der Waals surface area contributed by atoms with E-state index in [9.17, 15) is 30.3 Å². The molecule has 0 aromatic carbocycles. The lowest BCUT2D eigenvalue weighted by Crippen LogP contribution is -2.60. The van der Waals surface area contributed by atoms with E-state index in [-0.39, 0.29) is 12.5 Å². The van der Waals surface area contributed by atoms with Crippen molar-refractivity contribution in [1.82, 2.24) is 5.32 Å². The van der Waals surface area contributed by atoms with Gasteiger partial charge in [-0.15, -0.1) is 0 Å². The van der Waals surface area contributed by atoms with Crippen LogP contribution in [0.5, 0.6) is 0 Å². The number of carbonyl (C=O) groups excluding carboxylic acids is 1. The molecule has 0 saturated carbocycles. The molecule has 1 amide bonds. The van der Waals surface area contributed by atoms with Gasteiger partial charge in [0.25, 0.3) is 0 Å². The maximum atomic E-state index is 13.1. The van der Waals surface area contributed by atoms with E-state index < -0.39 is 49.5 Å². The summed E-state index contributed by atoms with van der Waals surface area (Å²) in [5.74, 6) is -0.136. The van der Waals surface area contributed by atoms with E-state index in [0.29, 0.717) is 12.8 Å². The number of nitrogens with one attached hydrogen (secondary N) is 1. The predicted octanol–water partition coefficient (Wildman–Crippen LogP) is 14.2. The second kappa shape index (κ2) is 47.8. The first-order valence-electron chi connectivity index (χ1n) is 29.2. The van der Waals surface area contributed by atoms with Gasteiger partial charge < -0.3 is 40.3 Å². The molecule has 0 radical (unpaired) electrons. The molecule has 66 heavy (non-hydrogen) atoms. The average molecular weight is 941 g/mol. The molecule has 0 aromatic heterocycles. The summed E-state index contributed by atoms with van der Waals surface area (Å²) in [6.07, 6.45) is 49.9. The van der Waals surface area contributed by atoms with Crippen LogP contribution in [0, 0.1) is 0 Å². The Morgan fingerprint density at radius 3 is 1.08 bits per heavy atom. The van der Waals surface area contributed by atoms with Gasteiger partial charge in [0.15, 0.2) is 6.29 Å². The van der Waals surface area contributed by atoms with Crippen molar-refractivity contribution < 1.29 is 39.8 Å². The first-order valence-corrected chi connectivity index (χ1v) is 29.2. The van der Waals surface area contributed by atoms with E-state index in [0.717, 1.165) is 38.5 Å². The molecule has 9 heteroatoms. The number of rotatable bonds is 51. The third kappa shape index (κ3) is 37.1. The summed E-state index contributed by atoms with van der Waals surface area (Å²) in [5.41, 5.74) is 0. The van der Waals surface area contributed by atoms with E-state index in [1.165, 1.54) is 238 Å². The summed E-state index contributed by atoms with van der Waals surface area (Å²) in [5, 5.41) is 54.7. The van der Waals surface area contributed by atoms with Crippen LogP contribution in [0.1, 0.15) is 303 Å². The lowest BCUT2D eigenvalue weighted by molar-refractivity contribution is -0.302. The molecular formula is C57H113NO8. The summed E-state index contributed by atoms with van der Waals surface area (Å²) >= 11 is 0. The molecule has 1 heterocycles. The van der Waals surface area contributed by atoms with Gasteiger partial charge in [0, 0.05) is 6.42 Å². The number of carbonyl (C=O) groups is 1. The van der Waals surface area contributed by atoms with Crippen molar-refractivity contribution in [2.75, 3.05) is 13.2 Å². The zero-order valence-corrected chi connectivity index (χ0v) is 43.7. The minimum atomic E-state index is -1.55. The standard InChI is InChI=1S/C57H113NO8/c1-3-5-7-9-11-13-15-17-19-21-23-24-25-26-27-29-31-33-35-37-39-41-43-45-47-53(61)58-50(49-65-57-56(64)55(63)54(62)52(48-59)66-57)51(60)46-44-42-40-38-36-34-32-30-28-22-20-18-16-14-12-10-8-6-4-2/h50-52,54-57,59-60,62-64H,3-49H2,1-2H3,(H,58,61). The number of hydrogen-bond donors (Lipinski definition) is 6. The van der Waals surface area contributed by atoms with Crippen molar-refractivity contribution >= 4 is 5.91 Å². The number of unbranched alkanes of at least 4 members (excludes halogenated alkanes) is 41. The van der Waals surface area contributed by atoms with E-state index in [1.54, 1.807) is 0 Å². The molecule has 7 unspecified atom stereocenters. The number of amides is 1. The number of ether oxygens (including phenoxy) is 2. The highest BCUT2D eigenvalue weighted by Crippen LogP contribution is 2.23. The van der Waals surface area contributed by atoms with Gasteiger partial charge >= 0.3 is 0 Å². The normalized spacial score (nSPS) is 19.7. The molecule has 0 bridgehead atoms. The first-order chi connectivity index (χ1) is 32.3. The Morgan fingerprint density at radius 1 is 0.455 bits per heavy atom. The van der Waals surface area contributed by atoms with E-state index in [2.05, 4.69) is 19.2 Å². The van der Waals surface area contributed by atoms with Crippen LogP contribution in [-0.2, 0) is 14.3 Å². The summed E-state index contributed by atoms with van der Waals surface area (Å²) in [6.45, 7) is 3.89. The lowest BCUT2D eigenvalue weighted by atomic mass is 9.99. The summed E-state index contributed by atoms with van der Waals surface area (Å²) in [4.78, 5) is 13.1. The third-order valence-corrected chi connectivity index (χ3v) is 14.5. The van der Waals surface area contributed by atoms with Gasteiger partial charge in [0.05, 0.1) is 25.4 Å².